The zero-order chi connectivity index (χ0) is 16.8. The highest BCUT2D eigenvalue weighted by Gasteiger charge is 2.20. The van der Waals surface area contributed by atoms with Crippen LogP contribution in [0.1, 0.15) is 37.1 Å². The highest BCUT2D eigenvalue weighted by Crippen LogP contribution is 2.42. The molecule has 0 aromatic heterocycles. The van der Waals surface area contributed by atoms with Crippen molar-refractivity contribution in [2.75, 3.05) is 21.3 Å². The molecule has 0 spiro atoms. The van der Waals surface area contributed by atoms with Crippen LogP contribution in [0.4, 0.5) is 0 Å². The van der Waals surface area contributed by atoms with Crippen LogP contribution in [-0.4, -0.2) is 21.3 Å². The maximum atomic E-state index is 5.57. The predicted molar refractivity (Wildman–Crippen MR) is 92.5 cm³/mol. The van der Waals surface area contributed by atoms with Crippen LogP contribution < -0.4 is 19.5 Å². The zero-order valence-electron chi connectivity index (χ0n) is 14.4. The van der Waals surface area contributed by atoms with E-state index in [2.05, 4.69) is 43.4 Å². The van der Waals surface area contributed by atoms with Gasteiger partial charge in [0.15, 0.2) is 11.5 Å². The van der Waals surface area contributed by atoms with Crippen molar-refractivity contribution >= 4 is 0 Å². The Kier molecular flexibility index (Phi) is 5.88. The summed E-state index contributed by atoms with van der Waals surface area (Å²) in [6, 6.07) is 14.6. The number of nitrogens with one attached hydrogen (secondary N) is 1. The number of rotatable bonds is 7. The fraction of sp³-hybridized carbons (Fsp3) is 0.368. The Morgan fingerprint density at radius 2 is 1.39 bits per heavy atom. The molecule has 0 aliphatic carbocycles. The molecule has 23 heavy (non-hydrogen) atoms. The van der Waals surface area contributed by atoms with E-state index >= 15 is 0 Å². The lowest BCUT2D eigenvalue weighted by Gasteiger charge is -2.24. The SMILES string of the molecule is COc1ccc([C@H](C)N[C@@H](C)c2ccccc2)c(OC)c1OC. The van der Waals surface area contributed by atoms with Crippen LogP contribution in [-0.2, 0) is 0 Å². The second-order valence-electron chi connectivity index (χ2n) is 5.44. The molecule has 2 aromatic rings. The van der Waals surface area contributed by atoms with Gasteiger partial charge in [-0.1, -0.05) is 30.3 Å². The van der Waals surface area contributed by atoms with Crippen molar-refractivity contribution in [3.63, 3.8) is 0 Å². The fourth-order valence-electron chi connectivity index (χ4n) is 2.77. The Labute approximate surface area is 138 Å². The van der Waals surface area contributed by atoms with Crippen molar-refractivity contribution < 1.29 is 14.2 Å². The third-order valence-corrected chi connectivity index (χ3v) is 4.00. The lowest BCUT2D eigenvalue weighted by Crippen LogP contribution is -2.23. The average molecular weight is 315 g/mol. The second-order valence-corrected chi connectivity index (χ2v) is 5.44. The Balaban J connectivity index is 2.27. The van der Waals surface area contributed by atoms with Crippen LogP contribution in [0.15, 0.2) is 42.5 Å². The first-order valence-electron chi connectivity index (χ1n) is 7.72. The van der Waals surface area contributed by atoms with Gasteiger partial charge in [-0.25, -0.2) is 0 Å². The summed E-state index contributed by atoms with van der Waals surface area (Å²) in [5.74, 6) is 1.98. The number of methoxy groups -OCH3 is 3. The third-order valence-electron chi connectivity index (χ3n) is 4.00. The molecule has 1 N–H and O–H groups in total. The summed E-state index contributed by atoms with van der Waals surface area (Å²) in [5, 5.41) is 3.60. The summed E-state index contributed by atoms with van der Waals surface area (Å²) < 4.78 is 16.4. The summed E-state index contributed by atoms with van der Waals surface area (Å²) in [4.78, 5) is 0. The van der Waals surface area contributed by atoms with Gasteiger partial charge in [0.05, 0.1) is 21.3 Å². The second kappa shape index (κ2) is 7.88. The molecule has 0 bridgehead atoms. The fourth-order valence-corrected chi connectivity index (χ4v) is 2.77. The van der Waals surface area contributed by atoms with Crippen molar-refractivity contribution in [3.8, 4) is 17.2 Å². The van der Waals surface area contributed by atoms with Gasteiger partial charge in [-0.05, 0) is 31.5 Å². The van der Waals surface area contributed by atoms with E-state index < -0.39 is 0 Å². The van der Waals surface area contributed by atoms with Gasteiger partial charge >= 0.3 is 0 Å². The van der Waals surface area contributed by atoms with Crippen LogP contribution in [0.2, 0.25) is 0 Å². The lowest BCUT2D eigenvalue weighted by molar-refractivity contribution is 0.319. The first kappa shape index (κ1) is 17.2. The van der Waals surface area contributed by atoms with Gasteiger partial charge in [-0.3, -0.25) is 0 Å². The molecule has 2 rings (SSSR count). The molecule has 2 aromatic carbocycles. The number of hydrogen-bond donors (Lipinski definition) is 1. The molecule has 0 amide bonds. The molecule has 0 aliphatic rings. The molecule has 2 atom stereocenters. The monoisotopic (exact) mass is 315 g/mol. The quantitative estimate of drug-likeness (QED) is 0.834. The summed E-state index contributed by atoms with van der Waals surface area (Å²) >= 11 is 0. The van der Waals surface area contributed by atoms with Crippen molar-refractivity contribution in [1.29, 1.82) is 0 Å². The maximum absolute atomic E-state index is 5.57. The summed E-state index contributed by atoms with van der Waals surface area (Å²) in [6.45, 7) is 4.27. The van der Waals surface area contributed by atoms with E-state index in [1.54, 1.807) is 21.3 Å². The molecule has 0 aliphatic heterocycles. The Morgan fingerprint density at radius 3 is 1.96 bits per heavy atom. The largest absolute Gasteiger partial charge is 0.493 e. The molecular formula is C19H25NO3. The van der Waals surface area contributed by atoms with Gasteiger partial charge in [0.2, 0.25) is 5.75 Å². The van der Waals surface area contributed by atoms with Crippen molar-refractivity contribution in [1.82, 2.24) is 5.32 Å². The number of hydrogen-bond acceptors (Lipinski definition) is 4. The van der Waals surface area contributed by atoms with E-state index in [9.17, 15) is 0 Å². The van der Waals surface area contributed by atoms with E-state index in [-0.39, 0.29) is 12.1 Å². The molecule has 0 radical (unpaired) electrons. The molecule has 0 fully saturated rings. The minimum Gasteiger partial charge on any atom is -0.493 e. The first-order chi connectivity index (χ1) is 11.1. The lowest BCUT2D eigenvalue weighted by atomic mass is 10.0. The van der Waals surface area contributed by atoms with Gasteiger partial charge in [0.25, 0.3) is 0 Å². The molecule has 4 nitrogen and oxygen atoms in total. The van der Waals surface area contributed by atoms with Gasteiger partial charge in [0.1, 0.15) is 0 Å². The van der Waals surface area contributed by atoms with E-state index in [0.717, 1.165) is 5.56 Å². The normalized spacial score (nSPS) is 13.3. The molecule has 0 unspecified atom stereocenters. The van der Waals surface area contributed by atoms with E-state index in [4.69, 9.17) is 14.2 Å². The van der Waals surface area contributed by atoms with E-state index in [1.165, 1.54) is 5.56 Å². The Hall–Kier alpha value is -2.20. The third kappa shape index (κ3) is 3.77. The van der Waals surface area contributed by atoms with Gasteiger partial charge in [-0.15, -0.1) is 0 Å². The van der Waals surface area contributed by atoms with Crippen LogP contribution in [0.5, 0.6) is 17.2 Å². The van der Waals surface area contributed by atoms with Gasteiger partial charge in [0, 0.05) is 17.6 Å². The van der Waals surface area contributed by atoms with Gasteiger partial charge in [-0.2, -0.15) is 0 Å². The summed E-state index contributed by atoms with van der Waals surface area (Å²) in [7, 11) is 4.89. The van der Waals surface area contributed by atoms with Gasteiger partial charge < -0.3 is 19.5 Å². The summed E-state index contributed by atoms with van der Waals surface area (Å²) in [5.41, 5.74) is 2.28. The van der Waals surface area contributed by atoms with Crippen molar-refractivity contribution in [3.05, 3.63) is 53.6 Å². The van der Waals surface area contributed by atoms with E-state index in [1.807, 2.05) is 18.2 Å². The Bertz CT molecular complexity index is 628. The highest BCUT2D eigenvalue weighted by molar-refractivity contribution is 5.56. The minimum atomic E-state index is 0.0972. The molecule has 4 heteroatoms. The molecule has 0 saturated carbocycles. The topological polar surface area (TPSA) is 39.7 Å². The van der Waals surface area contributed by atoms with Crippen molar-refractivity contribution in [2.45, 2.75) is 25.9 Å². The average Bonchev–Trinajstić information content (AvgIpc) is 2.60. The molecule has 124 valence electrons. The smallest absolute Gasteiger partial charge is 0.203 e. The predicted octanol–water partition coefficient (Wildman–Crippen LogP) is 4.12. The van der Waals surface area contributed by atoms with Crippen LogP contribution >= 0.6 is 0 Å². The number of benzene rings is 2. The molecule has 0 heterocycles. The molecular weight excluding hydrogens is 290 g/mol. The van der Waals surface area contributed by atoms with Crippen LogP contribution in [0.25, 0.3) is 0 Å². The number of ether oxygens (including phenoxy) is 3. The Morgan fingerprint density at radius 1 is 0.739 bits per heavy atom. The maximum Gasteiger partial charge on any atom is 0.203 e. The van der Waals surface area contributed by atoms with E-state index in [0.29, 0.717) is 17.2 Å². The highest BCUT2D eigenvalue weighted by atomic mass is 16.5. The van der Waals surface area contributed by atoms with Crippen LogP contribution in [0, 0.1) is 0 Å². The molecule has 0 saturated heterocycles. The minimum absolute atomic E-state index is 0.0972. The van der Waals surface area contributed by atoms with Crippen molar-refractivity contribution in [2.24, 2.45) is 0 Å². The van der Waals surface area contributed by atoms with Crippen LogP contribution in [0.3, 0.4) is 0 Å². The zero-order valence-corrected chi connectivity index (χ0v) is 14.4. The summed E-state index contributed by atoms with van der Waals surface area (Å²) in [6.07, 6.45) is 0. The first-order valence-corrected chi connectivity index (χ1v) is 7.72. The standard InChI is InChI=1S/C19H25NO3/c1-13(15-9-7-6-8-10-15)20-14(2)16-11-12-17(21-3)19(23-5)18(16)22-4/h6-14,20H,1-5H3/t13-,14-/m0/s1.